The lowest BCUT2D eigenvalue weighted by Gasteiger charge is -2.26. The number of nitrogens with one attached hydrogen (secondary N) is 1. The first-order valence-electron chi connectivity index (χ1n) is 10.2. The molecule has 5 rings (SSSR count). The van der Waals surface area contributed by atoms with Crippen LogP contribution in [-0.2, 0) is 13.1 Å². The molecule has 7 heteroatoms. The Kier molecular flexibility index (Phi) is 4.56. The van der Waals surface area contributed by atoms with E-state index in [1.54, 1.807) is 0 Å². The average Bonchev–Trinajstić information content (AvgIpc) is 3.31. The second kappa shape index (κ2) is 7.11. The molecule has 1 amide bonds. The summed E-state index contributed by atoms with van der Waals surface area (Å²) in [5.41, 5.74) is 6.43. The molecule has 2 aromatic heterocycles. The van der Waals surface area contributed by atoms with E-state index < -0.39 is 0 Å². The third kappa shape index (κ3) is 3.02. The number of carbonyl (C=O) groups is 1. The van der Waals surface area contributed by atoms with E-state index in [0.29, 0.717) is 24.0 Å². The SMILES string of the molecule is Cc1nc2c3c(nn2c(C)c1Cl)CN(C(=O)c1ccccc1C1CCNCC1)C3. The summed E-state index contributed by atoms with van der Waals surface area (Å²) in [5, 5.41) is 8.75. The molecule has 0 radical (unpaired) electrons. The van der Waals surface area contributed by atoms with Crippen molar-refractivity contribution in [3.8, 4) is 0 Å². The van der Waals surface area contributed by atoms with Crippen molar-refractivity contribution in [1.82, 2.24) is 24.8 Å². The minimum absolute atomic E-state index is 0.0812. The second-order valence-electron chi connectivity index (χ2n) is 8.03. The van der Waals surface area contributed by atoms with Crippen molar-refractivity contribution in [2.75, 3.05) is 13.1 Å². The number of rotatable bonds is 2. The highest BCUT2D eigenvalue weighted by atomic mass is 35.5. The van der Waals surface area contributed by atoms with Gasteiger partial charge in [-0.25, -0.2) is 9.50 Å². The molecule has 29 heavy (non-hydrogen) atoms. The van der Waals surface area contributed by atoms with Gasteiger partial charge in [0.15, 0.2) is 5.65 Å². The van der Waals surface area contributed by atoms with Gasteiger partial charge in [-0.2, -0.15) is 5.10 Å². The van der Waals surface area contributed by atoms with Gasteiger partial charge in [-0.15, -0.1) is 0 Å². The number of piperidine rings is 1. The molecule has 1 aromatic carbocycles. The smallest absolute Gasteiger partial charge is 0.254 e. The molecule has 1 fully saturated rings. The molecule has 150 valence electrons. The Labute approximate surface area is 174 Å². The molecule has 3 aromatic rings. The molecule has 0 atom stereocenters. The van der Waals surface area contributed by atoms with Crippen molar-refractivity contribution in [1.29, 1.82) is 0 Å². The lowest BCUT2D eigenvalue weighted by atomic mass is 9.87. The van der Waals surface area contributed by atoms with Gasteiger partial charge in [-0.05, 0) is 57.3 Å². The number of aromatic nitrogens is 3. The van der Waals surface area contributed by atoms with Gasteiger partial charge in [-0.3, -0.25) is 4.79 Å². The predicted octanol–water partition coefficient (Wildman–Crippen LogP) is 3.62. The van der Waals surface area contributed by atoms with E-state index in [1.165, 1.54) is 5.56 Å². The number of amides is 1. The summed E-state index contributed by atoms with van der Waals surface area (Å²) in [6, 6.07) is 8.08. The summed E-state index contributed by atoms with van der Waals surface area (Å²) in [6.07, 6.45) is 2.14. The average molecular weight is 410 g/mol. The van der Waals surface area contributed by atoms with Gasteiger partial charge >= 0.3 is 0 Å². The van der Waals surface area contributed by atoms with Crippen molar-refractivity contribution in [3.63, 3.8) is 0 Å². The largest absolute Gasteiger partial charge is 0.328 e. The maximum absolute atomic E-state index is 13.4. The molecular formula is C22H24ClN5O. The van der Waals surface area contributed by atoms with E-state index in [9.17, 15) is 4.79 Å². The third-order valence-electron chi connectivity index (χ3n) is 6.21. The van der Waals surface area contributed by atoms with Crippen LogP contribution in [0.3, 0.4) is 0 Å². The highest BCUT2D eigenvalue weighted by Crippen LogP contribution is 2.33. The highest BCUT2D eigenvalue weighted by molar-refractivity contribution is 6.31. The number of benzene rings is 1. The molecule has 4 heterocycles. The van der Waals surface area contributed by atoms with Crippen LogP contribution in [-0.4, -0.2) is 38.5 Å². The van der Waals surface area contributed by atoms with Gasteiger partial charge in [0.1, 0.15) is 0 Å². The number of halogens is 1. The molecule has 0 aliphatic carbocycles. The van der Waals surface area contributed by atoms with Crippen LogP contribution < -0.4 is 5.32 Å². The lowest BCUT2D eigenvalue weighted by molar-refractivity contribution is 0.0748. The summed E-state index contributed by atoms with van der Waals surface area (Å²) in [6.45, 7) is 6.91. The van der Waals surface area contributed by atoms with Gasteiger partial charge in [-0.1, -0.05) is 29.8 Å². The monoisotopic (exact) mass is 409 g/mol. The molecule has 0 bridgehead atoms. The van der Waals surface area contributed by atoms with Crippen molar-refractivity contribution in [3.05, 3.63) is 63.1 Å². The van der Waals surface area contributed by atoms with Crippen LogP contribution in [0.25, 0.3) is 5.65 Å². The van der Waals surface area contributed by atoms with Crippen LogP contribution in [0.1, 0.15) is 57.3 Å². The van der Waals surface area contributed by atoms with Gasteiger partial charge in [0, 0.05) is 11.1 Å². The van der Waals surface area contributed by atoms with E-state index in [4.69, 9.17) is 16.7 Å². The summed E-state index contributed by atoms with van der Waals surface area (Å²) >= 11 is 6.34. The first-order valence-corrected chi connectivity index (χ1v) is 10.5. The van der Waals surface area contributed by atoms with E-state index in [-0.39, 0.29) is 5.91 Å². The van der Waals surface area contributed by atoms with Crippen LogP contribution in [0.4, 0.5) is 0 Å². The van der Waals surface area contributed by atoms with Crippen molar-refractivity contribution >= 4 is 23.2 Å². The summed E-state index contributed by atoms with van der Waals surface area (Å²) in [5.74, 6) is 0.520. The fourth-order valence-electron chi connectivity index (χ4n) is 4.61. The summed E-state index contributed by atoms with van der Waals surface area (Å²) in [4.78, 5) is 20.0. The van der Waals surface area contributed by atoms with Crippen LogP contribution in [0.5, 0.6) is 0 Å². The van der Waals surface area contributed by atoms with E-state index >= 15 is 0 Å². The van der Waals surface area contributed by atoms with E-state index in [1.807, 2.05) is 41.5 Å². The minimum Gasteiger partial charge on any atom is -0.328 e. The second-order valence-corrected chi connectivity index (χ2v) is 8.41. The zero-order chi connectivity index (χ0) is 20.1. The number of carbonyl (C=O) groups excluding carboxylic acids is 1. The Morgan fingerprint density at radius 1 is 1.17 bits per heavy atom. The summed E-state index contributed by atoms with van der Waals surface area (Å²) < 4.78 is 1.81. The summed E-state index contributed by atoms with van der Waals surface area (Å²) in [7, 11) is 0. The fourth-order valence-corrected chi connectivity index (χ4v) is 4.73. The maximum atomic E-state index is 13.4. The topological polar surface area (TPSA) is 62.5 Å². The number of hydrogen-bond acceptors (Lipinski definition) is 4. The quantitative estimate of drug-likeness (QED) is 0.702. The molecule has 6 nitrogen and oxygen atoms in total. The molecule has 0 spiro atoms. The van der Waals surface area contributed by atoms with Gasteiger partial charge in [0.2, 0.25) is 0 Å². The Morgan fingerprint density at radius 3 is 2.72 bits per heavy atom. The molecule has 1 saturated heterocycles. The predicted molar refractivity (Wildman–Crippen MR) is 112 cm³/mol. The molecule has 2 aliphatic rings. The van der Waals surface area contributed by atoms with Crippen LogP contribution >= 0.6 is 11.6 Å². The Morgan fingerprint density at radius 2 is 1.93 bits per heavy atom. The molecule has 0 unspecified atom stereocenters. The van der Waals surface area contributed by atoms with E-state index in [2.05, 4.69) is 16.4 Å². The van der Waals surface area contributed by atoms with Gasteiger partial charge in [0.05, 0.1) is 35.2 Å². The van der Waals surface area contributed by atoms with Crippen LogP contribution in [0, 0.1) is 13.8 Å². The Hall–Kier alpha value is -2.44. The zero-order valence-electron chi connectivity index (χ0n) is 16.7. The van der Waals surface area contributed by atoms with Crippen molar-refractivity contribution in [2.45, 2.75) is 45.7 Å². The van der Waals surface area contributed by atoms with Crippen LogP contribution in [0.15, 0.2) is 24.3 Å². The Bertz CT molecular complexity index is 1120. The maximum Gasteiger partial charge on any atom is 0.254 e. The van der Waals surface area contributed by atoms with Gasteiger partial charge < -0.3 is 10.2 Å². The standard InChI is InChI=1S/C22H24ClN5O/c1-13-20(23)14(2)28-21(25-13)18-11-27(12-19(18)26-28)22(29)17-6-4-3-5-16(17)15-7-9-24-10-8-15/h3-6,15,24H,7-12H2,1-2H3. The highest BCUT2D eigenvalue weighted by Gasteiger charge is 2.32. The lowest BCUT2D eigenvalue weighted by Crippen LogP contribution is -2.30. The number of fused-ring (bicyclic) bond motifs is 3. The molecule has 1 N–H and O–H groups in total. The van der Waals surface area contributed by atoms with Gasteiger partial charge in [0.25, 0.3) is 5.91 Å². The fraction of sp³-hybridized carbons (Fsp3) is 0.409. The first-order chi connectivity index (χ1) is 14.0. The normalized spacial score (nSPS) is 17.1. The first kappa shape index (κ1) is 18.6. The van der Waals surface area contributed by atoms with Crippen LogP contribution in [0.2, 0.25) is 5.02 Å². The molecular weight excluding hydrogens is 386 g/mol. The van der Waals surface area contributed by atoms with Crippen molar-refractivity contribution in [2.24, 2.45) is 0 Å². The number of nitrogens with zero attached hydrogens (tertiary/aromatic N) is 4. The number of aryl methyl sites for hydroxylation is 2. The number of hydrogen-bond donors (Lipinski definition) is 1. The van der Waals surface area contributed by atoms with Crippen molar-refractivity contribution < 1.29 is 4.79 Å². The van der Waals surface area contributed by atoms with E-state index in [0.717, 1.165) is 59.8 Å². The third-order valence-corrected chi connectivity index (χ3v) is 6.76. The minimum atomic E-state index is 0.0812. The molecule has 0 saturated carbocycles. The molecule has 2 aliphatic heterocycles. The zero-order valence-corrected chi connectivity index (χ0v) is 17.5. The Balaban J connectivity index is 1.46.